The Morgan fingerprint density at radius 1 is 1.82 bits per heavy atom. The van der Waals surface area contributed by atoms with Gasteiger partial charge in [-0.1, -0.05) is 5.21 Å². The number of halogens is 1. The Morgan fingerprint density at radius 2 is 2.45 bits per heavy atom. The SMILES string of the molecule is Cl.Cn1nncc1C(=O)CN. The molecule has 0 aliphatic carbocycles. The van der Waals surface area contributed by atoms with Gasteiger partial charge in [-0.05, 0) is 0 Å². The van der Waals surface area contributed by atoms with Gasteiger partial charge < -0.3 is 5.73 Å². The number of hydrogen-bond acceptors (Lipinski definition) is 4. The lowest BCUT2D eigenvalue weighted by molar-refractivity contribution is 0.0992. The Balaban J connectivity index is 0.000001000. The van der Waals surface area contributed by atoms with Crippen molar-refractivity contribution in [1.29, 1.82) is 0 Å². The molecule has 0 aliphatic rings. The zero-order valence-electron chi connectivity index (χ0n) is 6.02. The van der Waals surface area contributed by atoms with E-state index in [1.165, 1.54) is 10.9 Å². The molecule has 0 atom stereocenters. The Hall–Kier alpha value is -0.940. The molecule has 0 spiro atoms. The lowest BCUT2D eigenvalue weighted by atomic mass is 10.3. The summed E-state index contributed by atoms with van der Waals surface area (Å²) in [5.41, 5.74) is 5.56. The molecule has 1 aromatic rings. The molecule has 0 saturated heterocycles. The number of hydrogen-bond donors (Lipinski definition) is 1. The number of carbonyl (C=O) groups is 1. The predicted octanol–water partition coefficient (Wildman–Crippen LogP) is -0.622. The summed E-state index contributed by atoms with van der Waals surface area (Å²) in [6.07, 6.45) is 1.40. The second-order valence-corrected chi connectivity index (χ2v) is 1.87. The fraction of sp³-hybridized carbons (Fsp3) is 0.400. The molecule has 5 nitrogen and oxygen atoms in total. The van der Waals surface area contributed by atoms with Crippen LogP contribution in [0, 0.1) is 0 Å². The highest BCUT2D eigenvalue weighted by Crippen LogP contribution is 1.92. The third kappa shape index (κ3) is 1.99. The molecule has 0 radical (unpaired) electrons. The van der Waals surface area contributed by atoms with Crippen molar-refractivity contribution in [3.05, 3.63) is 11.9 Å². The molecule has 1 aromatic heterocycles. The van der Waals surface area contributed by atoms with Crippen molar-refractivity contribution in [3.63, 3.8) is 0 Å². The van der Waals surface area contributed by atoms with Crippen molar-refractivity contribution >= 4 is 18.2 Å². The summed E-state index contributed by atoms with van der Waals surface area (Å²) in [5.74, 6) is -0.146. The monoisotopic (exact) mass is 176 g/mol. The van der Waals surface area contributed by atoms with E-state index < -0.39 is 0 Å². The van der Waals surface area contributed by atoms with Gasteiger partial charge in [-0.2, -0.15) is 0 Å². The minimum absolute atomic E-state index is 0. The van der Waals surface area contributed by atoms with E-state index in [1.54, 1.807) is 7.05 Å². The Morgan fingerprint density at radius 3 is 2.82 bits per heavy atom. The maximum atomic E-state index is 10.9. The van der Waals surface area contributed by atoms with Gasteiger partial charge in [0.2, 0.25) is 0 Å². The van der Waals surface area contributed by atoms with Crippen LogP contribution in [-0.2, 0) is 7.05 Å². The Kier molecular flexibility index (Phi) is 3.70. The number of nitrogens with two attached hydrogens (primary N) is 1. The standard InChI is InChI=1S/C5H8N4O.ClH/c1-9-4(3-7-8-9)5(10)2-6;/h3H,2,6H2,1H3;1H. The third-order valence-electron chi connectivity index (χ3n) is 1.19. The lowest BCUT2D eigenvalue weighted by Gasteiger charge is -1.93. The van der Waals surface area contributed by atoms with E-state index in [1.807, 2.05) is 0 Å². The van der Waals surface area contributed by atoms with E-state index in [0.717, 1.165) is 0 Å². The largest absolute Gasteiger partial charge is 0.324 e. The minimum Gasteiger partial charge on any atom is -0.324 e. The van der Waals surface area contributed by atoms with Crippen molar-refractivity contribution in [2.24, 2.45) is 12.8 Å². The molecule has 62 valence electrons. The van der Waals surface area contributed by atoms with Crippen LogP contribution in [0.4, 0.5) is 0 Å². The fourth-order valence-electron chi connectivity index (χ4n) is 0.647. The number of aromatic nitrogens is 3. The van der Waals surface area contributed by atoms with E-state index in [4.69, 9.17) is 5.73 Å². The van der Waals surface area contributed by atoms with Crippen LogP contribution >= 0.6 is 12.4 Å². The molecule has 2 N–H and O–H groups in total. The van der Waals surface area contributed by atoms with Crippen LogP contribution in [0.2, 0.25) is 0 Å². The van der Waals surface area contributed by atoms with Crippen molar-refractivity contribution < 1.29 is 4.79 Å². The number of ketones is 1. The van der Waals surface area contributed by atoms with E-state index >= 15 is 0 Å². The van der Waals surface area contributed by atoms with Gasteiger partial charge >= 0.3 is 0 Å². The quantitative estimate of drug-likeness (QED) is 0.610. The van der Waals surface area contributed by atoms with Gasteiger partial charge in [0.25, 0.3) is 0 Å². The molecule has 0 bridgehead atoms. The molecule has 0 amide bonds. The van der Waals surface area contributed by atoms with Gasteiger partial charge in [0.05, 0.1) is 12.7 Å². The highest BCUT2D eigenvalue weighted by Gasteiger charge is 2.07. The number of Topliss-reactive ketones (excluding diaryl/α,β-unsaturated/α-hetero) is 1. The Labute approximate surface area is 70.0 Å². The molecular formula is C5H9ClN4O. The normalized spacial score (nSPS) is 8.91. The number of rotatable bonds is 2. The highest BCUT2D eigenvalue weighted by atomic mass is 35.5. The topological polar surface area (TPSA) is 73.8 Å². The van der Waals surface area contributed by atoms with Crippen LogP contribution < -0.4 is 5.73 Å². The summed E-state index contributed by atoms with van der Waals surface area (Å²) in [4.78, 5) is 10.9. The molecule has 0 fully saturated rings. The predicted molar refractivity (Wildman–Crippen MR) is 41.6 cm³/mol. The summed E-state index contributed by atoms with van der Waals surface area (Å²) in [7, 11) is 1.65. The van der Waals surface area contributed by atoms with Gasteiger partial charge in [0.15, 0.2) is 5.78 Å². The highest BCUT2D eigenvalue weighted by molar-refractivity contribution is 5.95. The zero-order chi connectivity index (χ0) is 7.56. The molecular weight excluding hydrogens is 168 g/mol. The molecule has 0 aliphatic heterocycles. The van der Waals surface area contributed by atoms with E-state index in [2.05, 4.69) is 10.3 Å². The molecule has 6 heteroatoms. The fourth-order valence-corrected chi connectivity index (χ4v) is 0.647. The number of carbonyl (C=O) groups excluding carboxylic acids is 1. The van der Waals surface area contributed by atoms with Crippen LogP contribution in [0.3, 0.4) is 0 Å². The first-order chi connectivity index (χ1) is 4.75. The smallest absolute Gasteiger partial charge is 0.195 e. The molecule has 11 heavy (non-hydrogen) atoms. The summed E-state index contributed by atoms with van der Waals surface area (Å²) in [6.45, 7) is 0.00120. The van der Waals surface area contributed by atoms with E-state index in [-0.39, 0.29) is 24.7 Å². The summed E-state index contributed by atoms with van der Waals surface area (Å²) < 4.78 is 1.40. The van der Waals surface area contributed by atoms with Crippen LogP contribution in [-0.4, -0.2) is 27.3 Å². The second-order valence-electron chi connectivity index (χ2n) is 1.87. The van der Waals surface area contributed by atoms with Gasteiger partial charge in [-0.3, -0.25) is 4.79 Å². The molecule has 0 saturated carbocycles. The molecule has 1 heterocycles. The summed E-state index contributed by atoms with van der Waals surface area (Å²) >= 11 is 0. The van der Waals surface area contributed by atoms with E-state index in [0.29, 0.717) is 5.69 Å². The zero-order valence-corrected chi connectivity index (χ0v) is 6.84. The summed E-state index contributed by atoms with van der Waals surface area (Å²) in [5, 5.41) is 7.10. The first-order valence-corrected chi connectivity index (χ1v) is 2.83. The van der Waals surface area contributed by atoms with Gasteiger partial charge in [0.1, 0.15) is 5.69 Å². The minimum atomic E-state index is -0.146. The maximum absolute atomic E-state index is 10.9. The van der Waals surface area contributed by atoms with Crippen molar-refractivity contribution in [1.82, 2.24) is 15.0 Å². The van der Waals surface area contributed by atoms with Crippen molar-refractivity contribution in [3.8, 4) is 0 Å². The first-order valence-electron chi connectivity index (χ1n) is 2.83. The number of aryl methyl sites for hydroxylation is 1. The van der Waals surface area contributed by atoms with Gasteiger partial charge in [0, 0.05) is 7.05 Å². The van der Waals surface area contributed by atoms with E-state index in [9.17, 15) is 4.79 Å². The lowest BCUT2D eigenvalue weighted by Crippen LogP contribution is -2.16. The van der Waals surface area contributed by atoms with Crippen molar-refractivity contribution in [2.45, 2.75) is 0 Å². The van der Waals surface area contributed by atoms with Crippen molar-refractivity contribution in [2.75, 3.05) is 6.54 Å². The number of nitrogens with zero attached hydrogens (tertiary/aromatic N) is 3. The molecule has 0 unspecified atom stereocenters. The van der Waals surface area contributed by atoms with Crippen LogP contribution in [0.15, 0.2) is 6.20 Å². The molecule has 0 aromatic carbocycles. The maximum Gasteiger partial charge on any atom is 0.195 e. The average Bonchev–Trinajstić information content (AvgIpc) is 2.34. The van der Waals surface area contributed by atoms with Crippen LogP contribution in [0.25, 0.3) is 0 Å². The second kappa shape index (κ2) is 4.05. The average molecular weight is 177 g/mol. The van der Waals surface area contributed by atoms with Crippen LogP contribution in [0.1, 0.15) is 10.5 Å². The first kappa shape index (κ1) is 10.1. The molecule has 1 rings (SSSR count). The third-order valence-corrected chi connectivity index (χ3v) is 1.19. The summed E-state index contributed by atoms with van der Waals surface area (Å²) in [6, 6.07) is 0. The van der Waals surface area contributed by atoms with Gasteiger partial charge in [-0.15, -0.1) is 17.5 Å². The van der Waals surface area contributed by atoms with Crippen LogP contribution in [0.5, 0.6) is 0 Å². The van der Waals surface area contributed by atoms with Gasteiger partial charge in [-0.25, -0.2) is 4.68 Å². The Bertz CT molecular complexity index is 246.